The van der Waals surface area contributed by atoms with E-state index in [4.69, 9.17) is 21.1 Å². The number of nitrogens with one attached hydrogen (secondary N) is 4. The predicted octanol–water partition coefficient (Wildman–Crippen LogP) is 7.48. The van der Waals surface area contributed by atoms with E-state index >= 15 is 0 Å². The molecule has 0 aliphatic rings. The van der Waals surface area contributed by atoms with Crippen LogP contribution >= 0.6 is 11.6 Å². The van der Waals surface area contributed by atoms with Crippen LogP contribution in [-0.2, 0) is 6.61 Å². The monoisotopic (exact) mass is 620 g/mol. The number of halogens is 1. The van der Waals surface area contributed by atoms with Gasteiger partial charge in [-0.15, -0.1) is 0 Å². The van der Waals surface area contributed by atoms with Gasteiger partial charge in [-0.05, 0) is 67.3 Å². The Balaban J connectivity index is 1.52. The molecule has 0 atom stereocenters. The lowest BCUT2D eigenvalue weighted by molar-refractivity contribution is 0.269. The summed E-state index contributed by atoms with van der Waals surface area (Å²) in [6.45, 7) is 6.61. The smallest absolute Gasteiger partial charge is 0.268 e. The van der Waals surface area contributed by atoms with Crippen LogP contribution in [0.25, 0.3) is 22.5 Å². The SMILES string of the molecule is CCOc1cc(C(c2c(-c3ccc(C)cc3)[nH][nH]c2=O)c2c(-c3ccc(C)cc3)[nH][nH]c2=O)ccc1OCc1ccc(Cl)cc1. The third kappa shape index (κ3) is 6.23. The molecular formula is C36H33ClN4O4. The maximum Gasteiger partial charge on any atom is 0.268 e. The summed E-state index contributed by atoms with van der Waals surface area (Å²) in [5.74, 6) is 0.270. The van der Waals surface area contributed by atoms with Gasteiger partial charge in [0.05, 0.1) is 29.1 Å². The number of hydrogen-bond acceptors (Lipinski definition) is 4. The van der Waals surface area contributed by atoms with Crippen molar-refractivity contribution in [1.29, 1.82) is 0 Å². The molecule has 0 saturated heterocycles. The van der Waals surface area contributed by atoms with E-state index in [2.05, 4.69) is 20.4 Å². The molecule has 0 unspecified atom stereocenters. The van der Waals surface area contributed by atoms with Crippen LogP contribution in [-0.4, -0.2) is 27.0 Å². The van der Waals surface area contributed by atoms with Crippen LogP contribution < -0.4 is 20.6 Å². The average Bonchev–Trinajstić information content (AvgIpc) is 3.61. The molecule has 0 radical (unpaired) electrons. The van der Waals surface area contributed by atoms with Crippen molar-refractivity contribution in [2.45, 2.75) is 33.3 Å². The molecule has 0 spiro atoms. The Bertz CT molecular complexity index is 1940. The normalized spacial score (nSPS) is 11.2. The van der Waals surface area contributed by atoms with Gasteiger partial charge >= 0.3 is 0 Å². The average molecular weight is 621 g/mol. The molecule has 4 aromatic carbocycles. The van der Waals surface area contributed by atoms with E-state index in [-0.39, 0.29) is 11.1 Å². The zero-order valence-electron chi connectivity index (χ0n) is 25.2. The molecule has 0 amide bonds. The van der Waals surface area contributed by atoms with Crippen molar-refractivity contribution in [2.24, 2.45) is 0 Å². The van der Waals surface area contributed by atoms with Crippen molar-refractivity contribution in [3.8, 4) is 34.0 Å². The second-order valence-electron chi connectivity index (χ2n) is 11.0. The molecule has 8 nitrogen and oxygen atoms in total. The first-order chi connectivity index (χ1) is 21.8. The highest BCUT2D eigenvalue weighted by Gasteiger charge is 2.32. The minimum absolute atomic E-state index is 0.310. The molecule has 2 aromatic heterocycles. The van der Waals surface area contributed by atoms with Crippen LogP contribution in [0.15, 0.2) is 101 Å². The number of H-pyrrole nitrogens is 4. The van der Waals surface area contributed by atoms with Gasteiger partial charge in [-0.25, -0.2) is 0 Å². The Morgan fingerprint density at radius 1 is 0.644 bits per heavy atom. The number of hydrogen-bond donors (Lipinski definition) is 4. The highest BCUT2D eigenvalue weighted by molar-refractivity contribution is 6.30. The summed E-state index contributed by atoms with van der Waals surface area (Å²) < 4.78 is 12.2. The van der Waals surface area contributed by atoms with E-state index in [1.165, 1.54) is 0 Å². The largest absolute Gasteiger partial charge is 0.490 e. The fourth-order valence-corrected chi connectivity index (χ4v) is 5.62. The molecule has 0 saturated carbocycles. The van der Waals surface area contributed by atoms with E-state index < -0.39 is 5.92 Å². The minimum atomic E-state index is -0.771. The quantitative estimate of drug-likeness (QED) is 0.127. The second-order valence-corrected chi connectivity index (χ2v) is 11.4. The van der Waals surface area contributed by atoms with E-state index in [0.717, 1.165) is 27.8 Å². The number of benzene rings is 4. The number of rotatable bonds is 10. The molecule has 0 aliphatic heterocycles. The number of aryl methyl sites for hydroxylation is 2. The summed E-state index contributed by atoms with van der Waals surface area (Å²) in [5.41, 5.74) is 6.82. The Hall–Kier alpha value is -5.21. The maximum absolute atomic E-state index is 13.7. The first-order valence-corrected chi connectivity index (χ1v) is 15.1. The Morgan fingerprint density at radius 3 is 1.69 bits per heavy atom. The Kier molecular flexibility index (Phi) is 8.49. The second kappa shape index (κ2) is 12.8. The first-order valence-electron chi connectivity index (χ1n) is 14.7. The molecule has 0 bridgehead atoms. The lowest BCUT2D eigenvalue weighted by Crippen LogP contribution is -2.20. The van der Waals surface area contributed by atoms with Gasteiger partial charge in [0.2, 0.25) is 0 Å². The molecule has 2 heterocycles. The summed E-state index contributed by atoms with van der Waals surface area (Å²) >= 11 is 6.05. The van der Waals surface area contributed by atoms with E-state index in [9.17, 15) is 9.59 Å². The molecule has 0 fully saturated rings. The topological polar surface area (TPSA) is 116 Å². The number of aromatic amines is 4. The van der Waals surface area contributed by atoms with Crippen molar-refractivity contribution < 1.29 is 9.47 Å². The molecule has 0 aliphatic carbocycles. The van der Waals surface area contributed by atoms with Gasteiger partial charge in [0.25, 0.3) is 11.1 Å². The van der Waals surface area contributed by atoms with Crippen LogP contribution in [0.4, 0.5) is 0 Å². The van der Waals surface area contributed by atoms with E-state index in [1.807, 2.05) is 112 Å². The summed E-state index contributed by atoms with van der Waals surface area (Å²) in [6.07, 6.45) is 0. The van der Waals surface area contributed by atoms with Crippen LogP contribution in [0.5, 0.6) is 11.5 Å². The summed E-state index contributed by atoms with van der Waals surface area (Å²) in [5, 5.41) is 12.4. The third-order valence-electron chi connectivity index (χ3n) is 7.80. The number of ether oxygens (including phenoxy) is 2. The van der Waals surface area contributed by atoms with Gasteiger partial charge in [0.1, 0.15) is 6.61 Å². The predicted molar refractivity (Wildman–Crippen MR) is 178 cm³/mol. The Labute approximate surface area is 265 Å². The molecule has 6 rings (SSSR count). The van der Waals surface area contributed by atoms with Crippen LogP contribution in [0.2, 0.25) is 5.02 Å². The van der Waals surface area contributed by atoms with Crippen molar-refractivity contribution in [1.82, 2.24) is 20.4 Å². The van der Waals surface area contributed by atoms with Gasteiger partial charge in [0, 0.05) is 10.9 Å². The zero-order valence-corrected chi connectivity index (χ0v) is 25.9. The van der Waals surface area contributed by atoms with Crippen molar-refractivity contribution in [3.63, 3.8) is 0 Å². The summed E-state index contributed by atoms with van der Waals surface area (Å²) in [7, 11) is 0. The molecule has 6 aromatic rings. The van der Waals surface area contributed by atoms with Gasteiger partial charge in [-0.2, -0.15) is 0 Å². The molecule has 228 valence electrons. The van der Waals surface area contributed by atoms with Gasteiger partial charge in [0.15, 0.2) is 11.5 Å². The number of aromatic nitrogens is 4. The lowest BCUT2D eigenvalue weighted by Gasteiger charge is -2.20. The Morgan fingerprint density at radius 2 is 1.18 bits per heavy atom. The van der Waals surface area contributed by atoms with E-state index in [1.54, 1.807) is 0 Å². The van der Waals surface area contributed by atoms with Crippen molar-refractivity contribution >= 4 is 11.6 Å². The lowest BCUT2D eigenvalue weighted by atomic mass is 9.83. The molecule has 4 N–H and O–H groups in total. The van der Waals surface area contributed by atoms with Crippen LogP contribution in [0.3, 0.4) is 0 Å². The third-order valence-corrected chi connectivity index (χ3v) is 8.05. The fraction of sp³-hybridized carbons (Fsp3) is 0.167. The van der Waals surface area contributed by atoms with E-state index in [0.29, 0.717) is 57.8 Å². The van der Waals surface area contributed by atoms with Crippen LogP contribution in [0, 0.1) is 13.8 Å². The zero-order chi connectivity index (χ0) is 31.5. The van der Waals surface area contributed by atoms with Crippen LogP contribution in [0.1, 0.15) is 46.2 Å². The highest BCUT2D eigenvalue weighted by Crippen LogP contribution is 2.41. The standard InChI is InChI=1S/C36H33ClN4O4/c1-4-44-29-19-26(15-18-28(29)45-20-23-9-16-27(37)17-10-23)30(31-33(38-40-35(31)42)24-11-5-21(2)6-12-24)32-34(39-41-36(32)43)25-13-7-22(3)8-14-25/h5-19,30H,4,20H2,1-3H3,(H2,38,40,42)(H2,39,41,43). The molecule has 45 heavy (non-hydrogen) atoms. The minimum Gasteiger partial charge on any atom is -0.490 e. The molecular weight excluding hydrogens is 588 g/mol. The maximum atomic E-state index is 13.7. The summed E-state index contributed by atoms with van der Waals surface area (Å²) in [4.78, 5) is 27.4. The van der Waals surface area contributed by atoms with Gasteiger partial charge in [-0.3, -0.25) is 30.0 Å². The van der Waals surface area contributed by atoms with Gasteiger partial charge in [-0.1, -0.05) is 89.5 Å². The fourth-order valence-electron chi connectivity index (χ4n) is 5.49. The summed E-state index contributed by atoms with van der Waals surface area (Å²) in [6, 6.07) is 28.8. The van der Waals surface area contributed by atoms with Gasteiger partial charge < -0.3 is 9.47 Å². The molecule has 9 heteroatoms. The van der Waals surface area contributed by atoms with Crippen molar-refractivity contribution in [2.75, 3.05) is 6.61 Å². The first kappa shape index (κ1) is 29.8. The highest BCUT2D eigenvalue weighted by atomic mass is 35.5. The van der Waals surface area contributed by atoms with Crippen molar-refractivity contribution in [3.05, 3.63) is 150 Å².